The third-order valence-corrected chi connectivity index (χ3v) is 9.12. The highest BCUT2D eigenvalue weighted by Gasteiger charge is 2.33. The Bertz CT molecular complexity index is 1660. The van der Waals surface area contributed by atoms with Crippen molar-refractivity contribution in [2.24, 2.45) is 10.9 Å². The number of hydrogen-bond donors (Lipinski definition) is 3. The van der Waals surface area contributed by atoms with Gasteiger partial charge < -0.3 is 15.5 Å². The van der Waals surface area contributed by atoms with Gasteiger partial charge in [0.25, 0.3) is 21.8 Å². The SMILES string of the molecule is Cc1ccccc1S(=O)(=O)NC(=O)c1cccc(NC(=O)N[C@@H]2N=C(C3CCCCC3)c3ccccc3N(C)C2=O)c1. The van der Waals surface area contributed by atoms with Crippen LogP contribution in [0.1, 0.15) is 53.6 Å². The summed E-state index contributed by atoms with van der Waals surface area (Å²) in [6.45, 7) is 1.64. The number of amides is 4. The fraction of sp³-hybridized carbons (Fsp3) is 0.290. The van der Waals surface area contributed by atoms with Gasteiger partial charge in [0, 0.05) is 29.8 Å². The molecule has 3 aromatic carbocycles. The van der Waals surface area contributed by atoms with E-state index in [1.807, 2.05) is 24.3 Å². The quantitative estimate of drug-likeness (QED) is 0.387. The van der Waals surface area contributed by atoms with Gasteiger partial charge in [-0.1, -0.05) is 61.7 Å². The molecular formula is C31H33N5O5S. The van der Waals surface area contributed by atoms with E-state index in [9.17, 15) is 22.8 Å². The van der Waals surface area contributed by atoms with E-state index in [4.69, 9.17) is 4.99 Å². The Morgan fingerprint density at radius 1 is 0.929 bits per heavy atom. The molecule has 1 aliphatic heterocycles. The van der Waals surface area contributed by atoms with E-state index in [0.717, 1.165) is 42.6 Å². The number of carbonyl (C=O) groups excluding carboxylic acids is 3. The second kappa shape index (κ2) is 12.2. The number of fused-ring (bicyclic) bond motifs is 1. The topological polar surface area (TPSA) is 137 Å². The lowest BCUT2D eigenvalue weighted by Gasteiger charge is -2.25. The van der Waals surface area contributed by atoms with Crippen LogP contribution >= 0.6 is 0 Å². The van der Waals surface area contributed by atoms with Gasteiger partial charge in [0.1, 0.15) is 0 Å². The average molecular weight is 588 g/mol. The van der Waals surface area contributed by atoms with Gasteiger partial charge in [-0.05, 0) is 55.7 Å². The van der Waals surface area contributed by atoms with Crippen molar-refractivity contribution in [1.29, 1.82) is 0 Å². The second-order valence-corrected chi connectivity index (χ2v) is 12.2. The molecule has 10 nitrogen and oxygen atoms in total. The van der Waals surface area contributed by atoms with E-state index in [1.165, 1.54) is 35.6 Å². The summed E-state index contributed by atoms with van der Waals surface area (Å²) in [4.78, 5) is 45.6. The van der Waals surface area contributed by atoms with Crippen molar-refractivity contribution in [3.63, 3.8) is 0 Å². The highest BCUT2D eigenvalue weighted by Crippen LogP contribution is 2.33. The van der Waals surface area contributed by atoms with E-state index in [0.29, 0.717) is 5.56 Å². The van der Waals surface area contributed by atoms with Crippen molar-refractivity contribution in [1.82, 2.24) is 10.0 Å². The maximum absolute atomic E-state index is 13.4. The first kappa shape index (κ1) is 29.0. The largest absolute Gasteiger partial charge is 0.321 e. The van der Waals surface area contributed by atoms with Crippen molar-refractivity contribution >= 4 is 45.0 Å². The maximum Gasteiger partial charge on any atom is 0.321 e. The Labute approximate surface area is 245 Å². The monoisotopic (exact) mass is 587 g/mol. The number of likely N-dealkylation sites (N-methyl/N-ethyl adjacent to an activating group) is 1. The summed E-state index contributed by atoms with van der Waals surface area (Å²) in [6, 6.07) is 19.2. The fourth-order valence-corrected chi connectivity index (χ4v) is 6.69. The summed E-state index contributed by atoms with van der Waals surface area (Å²) in [5.41, 5.74) is 3.23. The number of carbonyl (C=O) groups is 3. The third kappa shape index (κ3) is 6.20. The second-order valence-electron chi connectivity index (χ2n) is 10.5. The number of anilines is 2. The molecule has 42 heavy (non-hydrogen) atoms. The fourth-order valence-electron chi connectivity index (χ4n) is 5.47. The molecule has 1 fully saturated rings. The number of urea groups is 1. The van der Waals surface area contributed by atoms with Crippen LogP contribution < -0.4 is 20.3 Å². The van der Waals surface area contributed by atoms with Crippen molar-refractivity contribution in [3.05, 3.63) is 89.5 Å². The molecule has 4 amide bonds. The van der Waals surface area contributed by atoms with Gasteiger partial charge in [0.05, 0.1) is 16.3 Å². The van der Waals surface area contributed by atoms with Crippen LogP contribution in [0.4, 0.5) is 16.2 Å². The van der Waals surface area contributed by atoms with Crippen molar-refractivity contribution < 1.29 is 22.8 Å². The predicted octanol–water partition coefficient (Wildman–Crippen LogP) is 4.61. The van der Waals surface area contributed by atoms with Crippen LogP contribution in [0.25, 0.3) is 0 Å². The van der Waals surface area contributed by atoms with Crippen LogP contribution in [0.2, 0.25) is 0 Å². The summed E-state index contributed by atoms with van der Waals surface area (Å²) < 4.78 is 27.6. The Hall–Kier alpha value is -4.51. The average Bonchev–Trinajstić information content (AvgIpc) is 3.08. The number of aliphatic imine (C=N–C) groups is 1. The zero-order chi connectivity index (χ0) is 29.9. The first-order chi connectivity index (χ1) is 20.1. The van der Waals surface area contributed by atoms with Crippen LogP contribution in [-0.4, -0.2) is 45.2 Å². The predicted molar refractivity (Wildman–Crippen MR) is 161 cm³/mol. The Morgan fingerprint density at radius 2 is 1.64 bits per heavy atom. The summed E-state index contributed by atoms with van der Waals surface area (Å²) >= 11 is 0. The first-order valence-electron chi connectivity index (χ1n) is 13.9. The third-order valence-electron chi connectivity index (χ3n) is 7.63. The smallest absolute Gasteiger partial charge is 0.311 e. The molecule has 0 bridgehead atoms. The number of hydrogen-bond acceptors (Lipinski definition) is 6. The van der Waals surface area contributed by atoms with Crippen molar-refractivity contribution in [2.75, 3.05) is 17.3 Å². The summed E-state index contributed by atoms with van der Waals surface area (Å²) in [7, 11) is -2.43. The molecule has 1 saturated carbocycles. The van der Waals surface area contributed by atoms with Crippen molar-refractivity contribution in [2.45, 2.75) is 50.1 Å². The number of nitrogens with zero attached hydrogens (tertiary/aromatic N) is 2. The number of para-hydroxylation sites is 1. The highest BCUT2D eigenvalue weighted by atomic mass is 32.2. The maximum atomic E-state index is 13.4. The molecule has 5 rings (SSSR count). The van der Waals surface area contributed by atoms with E-state index < -0.39 is 28.1 Å². The minimum Gasteiger partial charge on any atom is -0.311 e. The number of nitrogens with one attached hydrogen (secondary N) is 3. The van der Waals surface area contributed by atoms with E-state index >= 15 is 0 Å². The van der Waals surface area contributed by atoms with Gasteiger partial charge in [0.15, 0.2) is 0 Å². The molecule has 1 atom stereocenters. The van der Waals surface area contributed by atoms with Crippen LogP contribution in [0.5, 0.6) is 0 Å². The molecular weight excluding hydrogens is 554 g/mol. The van der Waals surface area contributed by atoms with Crippen molar-refractivity contribution in [3.8, 4) is 0 Å². The Morgan fingerprint density at radius 3 is 2.40 bits per heavy atom. The molecule has 0 radical (unpaired) electrons. The molecule has 0 unspecified atom stereocenters. The number of benzene rings is 3. The molecule has 0 spiro atoms. The zero-order valence-corrected chi connectivity index (χ0v) is 24.3. The van der Waals surface area contributed by atoms with Gasteiger partial charge >= 0.3 is 6.03 Å². The van der Waals surface area contributed by atoms with Crippen LogP contribution in [0.15, 0.2) is 82.7 Å². The van der Waals surface area contributed by atoms with Crippen LogP contribution in [0, 0.1) is 12.8 Å². The minimum absolute atomic E-state index is 0.000319. The summed E-state index contributed by atoms with van der Waals surface area (Å²) in [6.07, 6.45) is 4.14. The molecule has 1 heterocycles. The Balaban J connectivity index is 1.33. The highest BCUT2D eigenvalue weighted by molar-refractivity contribution is 7.90. The van der Waals surface area contributed by atoms with Crippen LogP contribution in [0.3, 0.4) is 0 Å². The van der Waals surface area contributed by atoms with E-state index in [1.54, 1.807) is 38.2 Å². The standard InChI is InChI=1S/C31H33N5O5S/c1-20-11-6-9-18-26(20)42(40,41)35-29(37)22-14-10-15-23(19-22)32-31(39)34-28-30(38)36(2)25-17-8-7-16-24(25)27(33-28)21-12-4-3-5-13-21/h6-11,14-19,21,28H,3-5,12-13H2,1-2H3,(H,35,37)(H2,32,34,39)/t28-/m0/s1. The Kier molecular flexibility index (Phi) is 8.39. The molecule has 0 aromatic heterocycles. The van der Waals surface area contributed by atoms with Crippen LogP contribution in [-0.2, 0) is 14.8 Å². The first-order valence-corrected chi connectivity index (χ1v) is 15.4. The molecule has 1 aliphatic carbocycles. The van der Waals surface area contributed by atoms with Gasteiger partial charge in [-0.25, -0.2) is 17.9 Å². The molecule has 218 valence electrons. The number of rotatable bonds is 6. The lowest BCUT2D eigenvalue weighted by molar-refractivity contribution is -0.119. The number of sulfonamides is 1. The number of benzodiazepines with no additional fused rings is 1. The molecule has 3 N–H and O–H groups in total. The summed E-state index contributed by atoms with van der Waals surface area (Å²) in [5.74, 6) is -1.03. The molecule has 3 aromatic rings. The van der Waals surface area contributed by atoms with Gasteiger partial charge in [0.2, 0.25) is 6.17 Å². The van der Waals surface area contributed by atoms with E-state index in [-0.39, 0.29) is 28.0 Å². The summed E-state index contributed by atoms with van der Waals surface area (Å²) in [5, 5.41) is 5.32. The molecule has 11 heteroatoms. The lowest BCUT2D eigenvalue weighted by Crippen LogP contribution is -2.47. The van der Waals surface area contributed by atoms with Gasteiger partial charge in [-0.3, -0.25) is 14.6 Å². The van der Waals surface area contributed by atoms with Gasteiger partial charge in [-0.15, -0.1) is 0 Å². The normalized spacial score (nSPS) is 17.5. The van der Waals surface area contributed by atoms with E-state index in [2.05, 4.69) is 15.4 Å². The number of aryl methyl sites for hydroxylation is 1. The lowest BCUT2D eigenvalue weighted by atomic mass is 9.83. The minimum atomic E-state index is -4.10. The molecule has 0 saturated heterocycles. The zero-order valence-electron chi connectivity index (χ0n) is 23.5. The van der Waals surface area contributed by atoms with Gasteiger partial charge in [-0.2, -0.15) is 0 Å². The molecule has 2 aliphatic rings.